The van der Waals surface area contributed by atoms with Crippen LogP contribution in [0.25, 0.3) is 0 Å². The van der Waals surface area contributed by atoms with Gasteiger partial charge in [-0.3, -0.25) is 4.79 Å². The number of sulfonamides is 1. The fourth-order valence-corrected chi connectivity index (χ4v) is 4.83. The molecule has 0 spiro atoms. The monoisotopic (exact) mass is 452 g/mol. The van der Waals surface area contributed by atoms with Gasteiger partial charge in [-0.2, -0.15) is 4.31 Å². The Labute approximate surface area is 189 Å². The van der Waals surface area contributed by atoms with Gasteiger partial charge in [-0.15, -0.1) is 0 Å². The number of amides is 1. The Morgan fingerprint density at radius 2 is 1.72 bits per heavy atom. The highest BCUT2D eigenvalue weighted by Gasteiger charge is 2.27. The fourth-order valence-electron chi connectivity index (χ4n) is 3.44. The van der Waals surface area contributed by atoms with Crippen LogP contribution in [0, 0.1) is 0 Å². The first-order valence-corrected chi connectivity index (χ1v) is 12.3. The maximum absolute atomic E-state index is 13.5. The second-order valence-corrected chi connectivity index (χ2v) is 10.5. The molecule has 7 heteroatoms. The Bertz CT molecular complexity index is 1150. The third-order valence-corrected chi connectivity index (χ3v) is 7.39. The number of furan rings is 1. The Balaban J connectivity index is 1.56. The van der Waals surface area contributed by atoms with Gasteiger partial charge in [0.05, 0.1) is 17.7 Å². The van der Waals surface area contributed by atoms with Crippen molar-refractivity contribution in [3.63, 3.8) is 0 Å². The van der Waals surface area contributed by atoms with E-state index in [-0.39, 0.29) is 29.9 Å². The Morgan fingerprint density at radius 1 is 1.03 bits per heavy atom. The lowest BCUT2D eigenvalue weighted by molar-refractivity contribution is 0.0951. The first kappa shape index (κ1) is 22.3. The van der Waals surface area contributed by atoms with E-state index in [4.69, 9.17) is 4.42 Å². The maximum Gasteiger partial charge on any atom is 0.251 e. The van der Waals surface area contributed by atoms with E-state index in [9.17, 15) is 13.2 Å². The van der Waals surface area contributed by atoms with Gasteiger partial charge in [-0.25, -0.2) is 8.42 Å². The molecule has 2 aromatic carbocycles. The SMILES string of the molecule is CC(C)c1ccc(S(=O)(=O)N(Cc2ccc(C(=O)NC3CC3)cc2)Cc2ccco2)cc1. The van der Waals surface area contributed by atoms with Crippen LogP contribution in [-0.2, 0) is 23.1 Å². The van der Waals surface area contributed by atoms with Crippen molar-refractivity contribution in [3.05, 3.63) is 89.4 Å². The molecule has 1 aliphatic rings. The van der Waals surface area contributed by atoms with Gasteiger partial charge < -0.3 is 9.73 Å². The summed E-state index contributed by atoms with van der Waals surface area (Å²) in [5, 5.41) is 2.96. The predicted molar refractivity (Wildman–Crippen MR) is 123 cm³/mol. The average molecular weight is 453 g/mol. The van der Waals surface area contributed by atoms with Crippen LogP contribution in [-0.4, -0.2) is 24.7 Å². The van der Waals surface area contributed by atoms with Crippen molar-refractivity contribution in [1.29, 1.82) is 0 Å². The molecule has 0 atom stereocenters. The van der Waals surface area contributed by atoms with Crippen LogP contribution in [0.15, 0.2) is 76.2 Å². The Hall–Kier alpha value is -2.90. The number of rotatable bonds is 9. The number of nitrogens with one attached hydrogen (secondary N) is 1. The lowest BCUT2D eigenvalue weighted by Crippen LogP contribution is -2.30. The van der Waals surface area contributed by atoms with Crippen molar-refractivity contribution in [2.24, 2.45) is 0 Å². The second kappa shape index (κ2) is 9.30. The first-order valence-electron chi connectivity index (χ1n) is 10.9. The quantitative estimate of drug-likeness (QED) is 0.511. The lowest BCUT2D eigenvalue weighted by atomic mass is 10.0. The van der Waals surface area contributed by atoms with E-state index in [2.05, 4.69) is 19.2 Å². The van der Waals surface area contributed by atoms with Crippen molar-refractivity contribution in [3.8, 4) is 0 Å². The van der Waals surface area contributed by atoms with Crippen molar-refractivity contribution < 1.29 is 17.6 Å². The van der Waals surface area contributed by atoms with E-state index < -0.39 is 10.0 Å². The number of hydrogen-bond donors (Lipinski definition) is 1. The second-order valence-electron chi connectivity index (χ2n) is 8.52. The van der Waals surface area contributed by atoms with Gasteiger partial charge >= 0.3 is 0 Å². The molecule has 0 unspecified atom stereocenters. The summed E-state index contributed by atoms with van der Waals surface area (Å²) in [5.41, 5.74) is 2.45. The van der Waals surface area contributed by atoms with E-state index in [1.54, 1.807) is 48.5 Å². The van der Waals surface area contributed by atoms with Gasteiger partial charge in [0.25, 0.3) is 5.91 Å². The molecular formula is C25H28N2O4S. The van der Waals surface area contributed by atoms with Crippen molar-refractivity contribution >= 4 is 15.9 Å². The molecule has 6 nitrogen and oxygen atoms in total. The molecule has 4 rings (SSSR count). The molecular weight excluding hydrogens is 424 g/mol. The summed E-state index contributed by atoms with van der Waals surface area (Å²) in [6.45, 7) is 4.42. The van der Waals surface area contributed by atoms with Crippen LogP contribution in [0.5, 0.6) is 0 Å². The van der Waals surface area contributed by atoms with Gasteiger partial charge in [0.1, 0.15) is 5.76 Å². The maximum atomic E-state index is 13.5. The topological polar surface area (TPSA) is 79.6 Å². The van der Waals surface area contributed by atoms with Crippen molar-refractivity contribution in [1.82, 2.24) is 9.62 Å². The van der Waals surface area contributed by atoms with E-state index in [0.29, 0.717) is 17.2 Å². The number of hydrogen-bond acceptors (Lipinski definition) is 4. The zero-order valence-electron chi connectivity index (χ0n) is 18.3. The van der Waals surface area contributed by atoms with E-state index in [1.807, 2.05) is 12.1 Å². The molecule has 1 N–H and O–H groups in total. The van der Waals surface area contributed by atoms with Crippen LogP contribution in [0.1, 0.15) is 59.9 Å². The molecule has 0 radical (unpaired) electrons. The summed E-state index contributed by atoms with van der Waals surface area (Å²) in [6, 6.07) is 17.9. The van der Waals surface area contributed by atoms with Crippen LogP contribution >= 0.6 is 0 Å². The van der Waals surface area contributed by atoms with Gasteiger partial charge in [-0.05, 0) is 66.3 Å². The third kappa shape index (κ3) is 5.29. The van der Waals surface area contributed by atoms with Crippen LogP contribution in [0.4, 0.5) is 0 Å². The Morgan fingerprint density at radius 3 is 2.28 bits per heavy atom. The molecule has 32 heavy (non-hydrogen) atoms. The lowest BCUT2D eigenvalue weighted by Gasteiger charge is -2.22. The molecule has 0 aliphatic heterocycles. The zero-order chi connectivity index (χ0) is 22.7. The minimum atomic E-state index is -3.76. The molecule has 0 saturated heterocycles. The van der Waals surface area contributed by atoms with Gasteiger partial charge in [0.15, 0.2) is 0 Å². The summed E-state index contributed by atoms with van der Waals surface area (Å²) in [7, 11) is -3.76. The molecule has 1 fully saturated rings. The van der Waals surface area contributed by atoms with Gasteiger partial charge in [0.2, 0.25) is 10.0 Å². The molecule has 1 amide bonds. The molecule has 1 heterocycles. The molecule has 168 valence electrons. The van der Waals surface area contributed by atoms with Crippen LogP contribution < -0.4 is 5.32 Å². The average Bonchev–Trinajstić information content (AvgIpc) is 3.45. The molecule has 1 saturated carbocycles. The summed E-state index contributed by atoms with van der Waals surface area (Å²) in [4.78, 5) is 12.5. The van der Waals surface area contributed by atoms with Crippen LogP contribution in [0.2, 0.25) is 0 Å². The number of carbonyl (C=O) groups excluding carboxylic acids is 1. The minimum Gasteiger partial charge on any atom is -0.468 e. The first-order chi connectivity index (χ1) is 15.3. The standard InChI is InChI=1S/C25H28N2O4S/c1-18(2)20-9-13-24(14-10-20)32(29,30)27(17-23-4-3-15-31-23)16-19-5-7-21(8-6-19)25(28)26-22-11-12-22/h3-10,13-15,18,22H,11-12,16-17H2,1-2H3,(H,26,28). The summed E-state index contributed by atoms with van der Waals surface area (Å²) in [6.07, 6.45) is 3.59. The number of benzene rings is 2. The highest BCUT2D eigenvalue weighted by molar-refractivity contribution is 7.89. The highest BCUT2D eigenvalue weighted by atomic mass is 32.2. The molecule has 0 bridgehead atoms. The number of carbonyl (C=O) groups is 1. The molecule has 1 aromatic heterocycles. The molecule has 1 aliphatic carbocycles. The fraction of sp³-hybridized carbons (Fsp3) is 0.320. The van der Waals surface area contributed by atoms with E-state index in [0.717, 1.165) is 24.0 Å². The summed E-state index contributed by atoms with van der Waals surface area (Å²) < 4.78 is 33.8. The van der Waals surface area contributed by atoms with E-state index in [1.165, 1.54) is 10.6 Å². The summed E-state index contributed by atoms with van der Waals surface area (Å²) >= 11 is 0. The van der Waals surface area contributed by atoms with Crippen molar-refractivity contribution in [2.45, 2.75) is 56.6 Å². The van der Waals surface area contributed by atoms with Crippen LogP contribution in [0.3, 0.4) is 0 Å². The predicted octanol–water partition coefficient (Wildman–Crippen LogP) is 4.69. The van der Waals surface area contributed by atoms with Crippen molar-refractivity contribution in [2.75, 3.05) is 0 Å². The Kier molecular flexibility index (Phi) is 6.48. The van der Waals surface area contributed by atoms with E-state index >= 15 is 0 Å². The largest absolute Gasteiger partial charge is 0.468 e. The molecule has 3 aromatic rings. The third-order valence-electron chi connectivity index (χ3n) is 5.58. The van der Waals surface area contributed by atoms with Gasteiger partial charge in [-0.1, -0.05) is 38.1 Å². The number of nitrogens with zero attached hydrogens (tertiary/aromatic N) is 1. The normalized spacial score (nSPS) is 14.1. The summed E-state index contributed by atoms with van der Waals surface area (Å²) in [5.74, 6) is 0.791. The highest BCUT2D eigenvalue weighted by Crippen LogP contribution is 2.24. The van der Waals surface area contributed by atoms with Gasteiger partial charge in [0, 0.05) is 18.2 Å². The smallest absolute Gasteiger partial charge is 0.251 e. The zero-order valence-corrected chi connectivity index (χ0v) is 19.1. The minimum absolute atomic E-state index is 0.0932.